The Morgan fingerprint density at radius 3 is 2.48 bits per heavy atom. The third kappa shape index (κ3) is 8.03. The standard InChI is InChI=1S/C36H39ClN8O2S/c1-24-4-6-25(7-5-24)33-29-22-28(9-10-30(29)42-43-33)41-32(46)14-19-45(20-21-48-2)35(37)34(47)26-12-17-44(18-13-26)31-11-8-27(23-40-31)36-38-15-3-16-39-36/h3-11,15-16,22-23,26,35H,12-14,17-21H2,1-2H3,(H,41,46)(H,42,43). The number of hydrogen-bond donors (Lipinski definition) is 2. The van der Waals surface area contributed by atoms with Gasteiger partial charge in [0.15, 0.2) is 11.6 Å². The van der Waals surface area contributed by atoms with Crippen LogP contribution in [0.3, 0.4) is 0 Å². The van der Waals surface area contributed by atoms with Crippen LogP contribution >= 0.6 is 23.4 Å². The van der Waals surface area contributed by atoms with Gasteiger partial charge in [-0.1, -0.05) is 41.4 Å². The smallest absolute Gasteiger partial charge is 0.225 e. The maximum absolute atomic E-state index is 13.6. The molecule has 3 aromatic heterocycles. The highest BCUT2D eigenvalue weighted by molar-refractivity contribution is 7.98. The number of fused-ring (bicyclic) bond motifs is 1. The third-order valence-electron chi connectivity index (χ3n) is 8.73. The Balaban J connectivity index is 1.03. The zero-order valence-electron chi connectivity index (χ0n) is 27.1. The van der Waals surface area contributed by atoms with E-state index in [2.05, 4.69) is 54.4 Å². The molecule has 6 rings (SSSR count). The number of carbonyl (C=O) groups is 2. The van der Waals surface area contributed by atoms with E-state index in [9.17, 15) is 9.59 Å². The number of pyridine rings is 1. The monoisotopic (exact) mass is 682 g/mol. The summed E-state index contributed by atoms with van der Waals surface area (Å²) in [6.45, 7) is 4.49. The van der Waals surface area contributed by atoms with Gasteiger partial charge in [-0.2, -0.15) is 16.9 Å². The van der Waals surface area contributed by atoms with Gasteiger partial charge in [0.05, 0.1) is 11.2 Å². The van der Waals surface area contributed by atoms with Gasteiger partial charge in [-0.05, 0) is 62.4 Å². The van der Waals surface area contributed by atoms with Gasteiger partial charge in [0.2, 0.25) is 5.91 Å². The molecule has 4 heterocycles. The van der Waals surface area contributed by atoms with Crippen molar-refractivity contribution in [3.63, 3.8) is 0 Å². The molecule has 0 spiro atoms. The summed E-state index contributed by atoms with van der Waals surface area (Å²) in [5, 5.41) is 11.6. The Bertz CT molecular complexity index is 1830. The van der Waals surface area contributed by atoms with Crippen molar-refractivity contribution < 1.29 is 9.59 Å². The van der Waals surface area contributed by atoms with Crippen LogP contribution in [-0.4, -0.2) is 85.4 Å². The number of halogens is 1. The number of nitrogens with zero attached hydrogens (tertiary/aromatic N) is 6. The van der Waals surface area contributed by atoms with Gasteiger partial charge in [-0.15, -0.1) is 0 Å². The number of aryl methyl sites for hydroxylation is 1. The summed E-state index contributed by atoms with van der Waals surface area (Å²) in [5.41, 5.74) is 4.69. The number of thioether (sulfide) groups is 1. The zero-order chi connectivity index (χ0) is 33.5. The van der Waals surface area contributed by atoms with Crippen molar-refractivity contribution in [2.24, 2.45) is 5.92 Å². The van der Waals surface area contributed by atoms with Crippen LogP contribution in [0.15, 0.2) is 79.3 Å². The van der Waals surface area contributed by atoms with E-state index in [1.807, 2.05) is 53.6 Å². The molecule has 0 saturated carbocycles. The number of nitrogens with one attached hydrogen (secondary N) is 2. The second-order valence-corrected chi connectivity index (χ2v) is 13.4. The number of aromatic nitrogens is 5. The lowest BCUT2D eigenvalue weighted by Gasteiger charge is -2.34. The van der Waals surface area contributed by atoms with Gasteiger partial charge < -0.3 is 10.2 Å². The average Bonchev–Trinajstić information content (AvgIpc) is 3.55. The van der Waals surface area contributed by atoms with Crippen molar-refractivity contribution in [1.82, 2.24) is 30.0 Å². The molecule has 1 atom stereocenters. The third-order valence-corrected chi connectivity index (χ3v) is 9.81. The molecule has 2 aromatic carbocycles. The summed E-state index contributed by atoms with van der Waals surface area (Å²) < 4.78 is 0. The minimum atomic E-state index is -0.788. The van der Waals surface area contributed by atoms with Crippen molar-refractivity contribution in [2.45, 2.75) is 31.7 Å². The zero-order valence-corrected chi connectivity index (χ0v) is 28.7. The maximum atomic E-state index is 13.6. The molecular formula is C36H39ClN8O2S. The number of ketones is 1. The first-order chi connectivity index (χ1) is 23.4. The molecule has 1 saturated heterocycles. The lowest BCUT2D eigenvalue weighted by Crippen LogP contribution is -2.45. The number of amides is 1. The molecule has 1 fully saturated rings. The van der Waals surface area contributed by atoms with E-state index in [0.29, 0.717) is 50.5 Å². The second-order valence-electron chi connectivity index (χ2n) is 12.0. The lowest BCUT2D eigenvalue weighted by atomic mass is 9.92. The highest BCUT2D eigenvalue weighted by Gasteiger charge is 2.33. The summed E-state index contributed by atoms with van der Waals surface area (Å²) in [6.07, 6.45) is 8.85. The van der Waals surface area contributed by atoms with Gasteiger partial charge in [0.1, 0.15) is 11.3 Å². The van der Waals surface area contributed by atoms with Gasteiger partial charge in [0.25, 0.3) is 0 Å². The minimum absolute atomic E-state index is 0.0244. The van der Waals surface area contributed by atoms with E-state index in [4.69, 9.17) is 11.6 Å². The van der Waals surface area contributed by atoms with Crippen LogP contribution < -0.4 is 10.2 Å². The molecule has 5 aromatic rings. The van der Waals surface area contributed by atoms with E-state index in [0.717, 1.165) is 39.3 Å². The quantitative estimate of drug-likeness (QED) is 0.107. The van der Waals surface area contributed by atoms with Crippen LogP contribution in [0.5, 0.6) is 0 Å². The molecule has 1 amide bonds. The van der Waals surface area contributed by atoms with Crippen LogP contribution in [0.1, 0.15) is 24.8 Å². The molecular weight excluding hydrogens is 644 g/mol. The van der Waals surface area contributed by atoms with Crippen LogP contribution in [0.2, 0.25) is 0 Å². The van der Waals surface area contributed by atoms with Gasteiger partial charge in [-0.3, -0.25) is 19.6 Å². The number of rotatable bonds is 13. The predicted molar refractivity (Wildman–Crippen MR) is 194 cm³/mol. The molecule has 0 aliphatic carbocycles. The SMILES string of the molecule is CSCCN(CCC(=O)Nc1ccc2[nH]nc(-c3ccc(C)cc3)c2c1)C(Cl)C(=O)C1CCN(c2ccc(-c3ncccn3)cn2)CC1. The molecule has 1 aliphatic heterocycles. The van der Waals surface area contributed by atoms with Gasteiger partial charge >= 0.3 is 0 Å². The van der Waals surface area contributed by atoms with Crippen molar-refractivity contribution in [2.75, 3.05) is 48.4 Å². The fourth-order valence-electron chi connectivity index (χ4n) is 5.96. The van der Waals surface area contributed by atoms with Gasteiger partial charge in [0, 0.05) is 85.1 Å². The molecule has 1 unspecified atom stereocenters. The van der Waals surface area contributed by atoms with Crippen LogP contribution in [-0.2, 0) is 9.59 Å². The Kier molecular flexibility index (Phi) is 11.0. The van der Waals surface area contributed by atoms with Crippen LogP contribution in [0.4, 0.5) is 11.5 Å². The first kappa shape index (κ1) is 33.6. The lowest BCUT2D eigenvalue weighted by molar-refractivity contribution is -0.126. The molecule has 248 valence electrons. The Hall–Kier alpha value is -4.32. The van der Waals surface area contributed by atoms with E-state index in [-0.39, 0.29) is 24.0 Å². The molecule has 48 heavy (non-hydrogen) atoms. The largest absolute Gasteiger partial charge is 0.357 e. The highest BCUT2D eigenvalue weighted by Crippen LogP contribution is 2.29. The summed E-state index contributed by atoms with van der Waals surface area (Å²) in [6, 6.07) is 19.7. The number of hydrogen-bond acceptors (Lipinski definition) is 9. The van der Waals surface area contributed by atoms with Crippen molar-refractivity contribution >= 4 is 57.5 Å². The number of piperidine rings is 1. The van der Waals surface area contributed by atoms with E-state index >= 15 is 0 Å². The van der Waals surface area contributed by atoms with E-state index < -0.39 is 5.50 Å². The van der Waals surface area contributed by atoms with Gasteiger partial charge in [-0.25, -0.2) is 15.0 Å². The fourth-order valence-corrected chi connectivity index (χ4v) is 6.75. The molecule has 0 radical (unpaired) electrons. The number of carbonyl (C=O) groups excluding carboxylic acids is 2. The topological polar surface area (TPSA) is 120 Å². The summed E-state index contributed by atoms with van der Waals surface area (Å²) >= 11 is 8.55. The Labute approximate surface area is 289 Å². The molecule has 10 nitrogen and oxygen atoms in total. The number of benzene rings is 2. The minimum Gasteiger partial charge on any atom is -0.357 e. The van der Waals surface area contributed by atoms with Crippen molar-refractivity contribution in [3.8, 4) is 22.6 Å². The summed E-state index contributed by atoms with van der Waals surface area (Å²) in [7, 11) is 0. The summed E-state index contributed by atoms with van der Waals surface area (Å²) in [5.74, 6) is 2.07. The van der Waals surface area contributed by atoms with E-state index in [1.165, 1.54) is 5.56 Å². The number of anilines is 2. The Morgan fingerprint density at radius 1 is 1.02 bits per heavy atom. The fraction of sp³-hybridized carbons (Fsp3) is 0.333. The average molecular weight is 683 g/mol. The first-order valence-corrected chi connectivity index (χ1v) is 18.0. The van der Waals surface area contributed by atoms with Crippen LogP contribution in [0, 0.1) is 12.8 Å². The first-order valence-electron chi connectivity index (χ1n) is 16.1. The van der Waals surface area contributed by atoms with Crippen molar-refractivity contribution in [3.05, 3.63) is 84.8 Å². The predicted octanol–water partition coefficient (Wildman–Crippen LogP) is 6.43. The van der Waals surface area contributed by atoms with Crippen molar-refractivity contribution in [1.29, 1.82) is 0 Å². The van der Waals surface area contributed by atoms with Crippen LogP contribution in [0.25, 0.3) is 33.5 Å². The maximum Gasteiger partial charge on any atom is 0.225 e. The normalized spacial score (nSPS) is 14.4. The number of H-pyrrole nitrogens is 1. The molecule has 0 bridgehead atoms. The molecule has 2 N–H and O–H groups in total. The Morgan fingerprint density at radius 2 is 1.77 bits per heavy atom. The second kappa shape index (κ2) is 15.7. The molecule has 1 aliphatic rings. The molecule has 12 heteroatoms. The number of alkyl halides is 1. The number of Topliss-reactive ketones (excluding diaryl/α,β-unsaturated/α-hetero) is 1. The van der Waals surface area contributed by atoms with E-state index in [1.54, 1.807) is 36.4 Å². The summed E-state index contributed by atoms with van der Waals surface area (Å²) in [4.78, 5) is 44.1. The highest BCUT2D eigenvalue weighted by atomic mass is 35.5. The number of aromatic amines is 1.